The maximum Gasteiger partial charge on any atom is 0.256 e. The number of carbonyl (C=O) groups is 1. The first kappa shape index (κ1) is 18.1. The monoisotopic (exact) mass is 391 g/mol. The zero-order valence-electron chi connectivity index (χ0n) is 15.0. The van der Waals surface area contributed by atoms with Gasteiger partial charge in [-0.2, -0.15) is 0 Å². The summed E-state index contributed by atoms with van der Waals surface area (Å²) in [5.41, 5.74) is 2.73. The Bertz CT molecular complexity index is 1030. The van der Waals surface area contributed by atoms with E-state index >= 15 is 0 Å². The highest BCUT2D eigenvalue weighted by Gasteiger charge is 2.16. The van der Waals surface area contributed by atoms with Crippen molar-refractivity contribution >= 4 is 34.8 Å². The summed E-state index contributed by atoms with van der Waals surface area (Å²) in [6.07, 6.45) is 1.80. The number of halogens is 1. The van der Waals surface area contributed by atoms with Crippen LogP contribution in [0.1, 0.15) is 11.1 Å². The molecule has 1 N–H and O–H groups in total. The summed E-state index contributed by atoms with van der Waals surface area (Å²) in [4.78, 5) is 13.1. The Morgan fingerprint density at radius 1 is 0.893 bits per heavy atom. The molecule has 0 saturated heterocycles. The van der Waals surface area contributed by atoms with Crippen LogP contribution in [0.3, 0.4) is 0 Å². The van der Waals surface area contributed by atoms with Gasteiger partial charge in [-0.05, 0) is 35.4 Å². The normalized spacial score (nSPS) is 13.1. The number of fused-ring (bicyclic) bond motifs is 1. The van der Waals surface area contributed by atoms with E-state index < -0.39 is 0 Å². The van der Waals surface area contributed by atoms with Crippen molar-refractivity contribution in [3.63, 3.8) is 0 Å². The third-order valence-electron chi connectivity index (χ3n) is 4.33. The number of ether oxygens (including phenoxy) is 2. The number of benzene rings is 3. The van der Waals surface area contributed by atoms with Crippen LogP contribution < -0.4 is 14.8 Å². The number of rotatable bonds is 4. The van der Waals surface area contributed by atoms with Gasteiger partial charge in [-0.15, -0.1) is 0 Å². The Balaban J connectivity index is 1.67. The fraction of sp³-hybridized carbons (Fsp3) is 0.0870. The summed E-state index contributed by atoms with van der Waals surface area (Å²) in [5.74, 6) is 1.07. The Morgan fingerprint density at radius 3 is 2.39 bits per heavy atom. The molecule has 5 heteroatoms. The van der Waals surface area contributed by atoms with Crippen molar-refractivity contribution in [2.24, 2.45) is 0 Å². The largest absolute Gasteiger partial charge is 0.486 e. The lowest BCUT2D eigenvalue weighted by molar-refractivity contribution is -0.111. The Kier molecular flexibility index (Phi) is 5.31. The fourth-order valence-corrected chi connectivity index (χ4v) is 3.16. The van der Waals surface area contributed by atoms with Crippen LogP contribution in [0, 0.1) is 0 Å². The van der Waals surface area contributed by atoms with Gasteiger partial charge in [0.25, 0.3) is 5.91 Å². The molecular formula is C23H18ClNO3. The molecule has 0 aliphatic carbocycles. The van der Waals surface area contributed by atoms with Gasteiger partial charge < -0.3 is 14.8 Å². The van der Waals surface area contributed by atoms with Crippen LogP contribution in [0.4, 0.5) is 5.69 Å². The highest BCUT2D eigenvalue weighted by atomic mass is 35.5. The first-order valence-electron chi connectivity index (χ1n) is 8.93. The van der Waals surface area contributed by atoms with Crippen molar-refractivity contribution in [3.8, 4) is 11.5 Å². The second kappa shape index (κ2) is 8.19. The topological polar surface area (TPSA) is 47.6 Å². The van der Waals surface area contributed by atoms with Crippen LogP contribution in [0.5, 0.6) is 11.5 Å². The summed E-state index contributed by atoms with van der Waals surface area (Å²) >= 11 is 6.29. The van der Waals surface area contributed by atoms with E-state index in [0.717, 1.165) is 11.1 Å². The molecule has 140 valence electrons. The highest BCUT2D eigenvalue weighted by Crippen LogP contribution is 2.33. The quantitative estimate of drug-likeness (QED) is 0.485. The van der Waals surface area contributed by atoms with Crippen molar-refractivity contribution in [2.75, 3.05) is 18.5 Å². The molecule has 0 unspecified atom stereocenters. The smallest absolute Gasteiger partial charge is 0.256 e. The summed E-state index contributed by atoms with van der Waals surface area (Å²) in [6, 6.07) is 22.3. The van der Waals surface area contributed by atoms with E-state index in [2.05, 4.69) is 5.32 Å². The van der Waals surface area contributed by atoms with Crippen LogP contribution in [-0.2, 0) is 4.79 Å². The van der Waals surface area contributed by atoms with Crippen LogP contribution in [0.15, 0.2) is 72.8 Å². The Morgan fingerprint density at radius 2 is 1.61 bits per heavy atom. The van der Waals surface area contributed by atoms with E-state index in [1.54, 1.807) is 30.3 Å². The van der Waals surface area contributed by atoms with Gasteiger partial charge in [-0.1, -0.05) is 60.1 Å². The van der Waals surface area contributed by atoms with Crippen LogP contribution in [0.2, 0.25) is 5.02 Å². The van der Waals surface area contributed by atoms with E-state index in [9.17, 15) is 4.79 Å². The van der Waals surface area contributed by atoms with Crippen LogP contribution >= 0.6 is 11.6 Å². The first-order valence-corrected chi connectivity index (χ1v) is 9.31. The summed E-state index contributed by atoms with van der Waals surface area (Å²) < 4.78 is 11.1. The lowest BCUT2D eigenvalue weighted by atomic mass is 10.0. The molecule has 0 spiro atoms. The predicted octanol–water partition coefficient (Wildman–Crippen LogP) is 5.29. The van der Waals surface area contributed by atoms with Crippen LogP contribution in [-0.4, -0.2) is 19.1 Å². The van der Waals surface area contributed by atoms with Gasteiger partial charge in [-0.3, -0.25) is 4.79 Å². The molecule has 3 aromatic carbocycles. The van der Waals surface area contributed by atoms with E-state index in [1.807, 2.05) is 48.5 Å². The van der Waals surface area contributed by atoms with Gasteiger partial charge in [-0.25, -0.2) is 0 Å². The predicted molar refractivity (Wildman–Crippen MR) is 112 cm³/mol. The summed E-state index contributed by atoms with van der Waals surface area (Å²) in [6.45, 7) is 1.02. The molecule has 0 saturated carbocycles. The van der Waals surface area contributed by atoms with E-state index in [0.29, 0.717) is 41.0 Å². The lowest BCUT2D eigenvalue weighted by Gasteiger charge is -2.19. The molecule has 1 aliphatic heterocycles. The maximum absolute atomic E-state index is 13.1. The number of hydrogen-bond donors (Lipinski definition) is 1. The van der Waals surface area contributed by atoms with Crippen molar-refractivity contribution in [1.29, 1.82) is 0 Å². The molecular weight excluding hydrogens is 374 g/mol. The lowest BCUT2D eigenvalue weighted by Crippen LogP contribution is -2.17. The van der Waals surface area contributed by atoms with Crippen molar-refractivity contribution < 1.29 is 14.3 Å². The molecule has 4 nitrogen and oxygen atoms in total. The molecule has 28 heavy (non-hydrogen) atoms. The molecule has 4 rings (SSSR count). The average Bonchev–Trinajstić information content (AvgIpc) is 2.73. The molecule has 0 bridgehead atoms. The summed E-state index contributed by atoms with van der Waals surface area (Å²) in [5, 5.41) is 3.53. The third-order valence-corrected chi connectivity index (χ3v) is 4.68. The van der Waals surface area contributed by atoms with Gasteiger partial charge in [0.2, 0.25) is 0 Å². The van der Waals surface area contributed by atoms with Crippen molar-refractivity contribution in [3.05, 3.63) is 88.9 Å². The molecule has 0 radical (unpaired) electrons. The molecule has 1 heterocycles. The SMILES string of the molecule is O=C(Nc1ccc2c(c1)OCCO2)/C(=C\c1ccccc1Cl)c1ccccc1. The number of nitrogens with one attached hydrogen (secondary N) is 1. The van der Waals surface area contributed by atoms with E-state index in [-0.39, 0.29) is 5.91 Å². The van der Waals surface area contributed by atoms with Gasteiger partial charge in [0.15, 0.2) is 11.5 Å². The van der Waals surface area contributed by atoms with Gasteiger partial charge in [0.05, 0.1) is 0 Å². The zero-order valence-corrected chi connectivity index (χ0v) is 15.8. The number of anilines is 1. The minimum Gasteiger partial charge on any atom is -0.486 e. The fourth-order valence-electron chi connectivity index (χ4n) is 2.96. The Labute approximate surface area is 168 Å². The zero-order chi connectivity index (χ0) is 19.3. The number of hydrogen-bond acceptors (Lipinski definition) is 3. The maximum atomic E-state index is 13.1. The van der Waals surface area contributed by atoms with E-state index in [1.165, 1.54) is 0 Å². The van der Waals surface area contributed by atoms with Crippen molar-refractivity contribution in [1.82, 2.24) is 0 Å². The molecule has 1 aliphatic rings. The van der Waals surface area contributed by atoms with Crippen LogP contribution in [0.25, 0.3) is 11.6 Å². The molecule has 3 aromatic rings. The second-order valence-electron chi connectivity index (χ2n) is 6.26. The summed E-state index contributed by atoms with van der Waals surface area (Å²) in [7, 11) is 0. The minimum absolute atomic E-state index is 0.234. The van der Waals surface area contributed by atoms with Gasteiger partial charge in [0.1, 0.15) is 13.2 Å². The van der Waals surface area contributed by atoms with Gasteiger partial charge in [0, 0.05) is 22.3 Å². The molecule has 0 atom stereocenters. The molecule has 0 aromatic heterocycles. The average molecular weight is 392 g/mol. The minimum atomic E-state index is -0.234. The number of amides is 1. The van der Waals surface area contributed by atoms with Crippen molar-refractivity contribution in [2.45, 2.75) is 0 Å². The standard InChI is InChI=1S/C23H18ClNO3/c24-20-9-5-4-8-17(20)14-19(16-6-2-1-3-7-16)23(26)25-18-10-11-21-22(15-18)28-13-12-27-21/h1-11,14-15H,12-13H2,(H,25,26)/b19-14-. The van der Waals surface area contributed by atoms with Gasteiger partial charge >= 0.3 is 0 Å². The number of carbonyl (C=O) groups excluding carboxylic acids is 1. The highest BCUT2D eigenvalue weighted by molar-refractivity contribution is 6.34. The molecule has 0 fully saturated rings. The Hall–Kier alpha value is -3.24. The molecule has 1 amide bonds. The van der Waals surface area contributed by atoms with E-state index in [4.69, 9.17) is 21.1 Å². The second-order valence-corrected chi connectivity index (χ2v) is 6.67. The first-order chi connectivity index (χ1) is 13.7. The third kappa shape index (κ3) is 4.02.